The van der Waals surface area contributed by atoms with Crippen molar-refractivity contribution in [1.29, 1.82) is 0 Å². The van der Waals surface area contributed by atoms with Crippen LogP contribution in [0.5, 0.6) is 5.75 Å². The number of pyridine rings is 1. The molecule has 0 saturated heterocycles. The number of carbonyl (C=O) groups is 1. The van der Waals surface area contributed by atoms with Crippen LogP contribution in [-0.4, -0.2) is 28.2 Å². The Labute approximate surface area is 146 Å². The van der Waals surface area contributed by atoms with Crippen molar-refractivity contribution in [3.8, 4) is 5.75 Å². The van der Waals surface area contributed by atoms with Gasteiger partial charge in [0.05, 0.1) is 28.4 Å². The molecule has 130 valence electrons. The van der Waals surface area contributed by atoms with Gasteiger partial charge in [0.2, 0.25) is 0 Å². The Kier molecular flexibility index (Phi) is 5.51. The maximum Gasteiger partial charge on any atom is 0.339 e. The molecular weight excluding hydrogens is 330 g/mol. The third-order valence-electron chi connectivity index (χ3n) is 4.42. The van der Waals surface area contributed by atoms with Gasteiger partial charge in [-0.1, -0.05) is 6.07 Å². The normalized spacial score (nSPS) is 20.4. The van der Waals surface area contributed by atoms with Crippen LogP contribution < -0.4 is 16.2 Å². The van der Waals surface area contributed by atoms with Gasteiger partial charge in [-0.15, -0.1) is 12.4 Å². The minimum atomic E-state index is -1.08. The molecule has 1 aromatic heterocycles. The zero-order chi connectivity index (χ0) is 16.6. The quantitative estimate of drug-likeness (QED) is 0.783. The molecule has 24 heavy (non-hydrogen) atoms. The van der Waals surface area contributed by atoms with Crippen molar-refractivity contribution in [1.82, 2.24) is 4.98 Å². The number of benzene rings is 1. The SMILES string of the molecule is Cc1nc2cccc(OC3CCC(N)CC3)c2c(N)c1C(=O)O.Cl. The van der Waals surface area contributed by atoms with Crippen LogP contribution >= 0.6 is 12.4 Å². The van der Waals surface area contributed by atoms with E-state index in [1.807, 2.05) is 18.2 Å². The summed E-state index contributed by atoms with van der Waals surface area (Å²) in [5, 5.41) is 9.95. The molecule has 0 bridgehead atoms. The molecule has 0 unspecified atom stereocenters. The first kappa shape index (κ1) is 18.3. The Bertz CT molecular complexity index is 758. The molecule has 7 heteroatoms. The summed E-state index contributed by atoms with van der Waals surface area (Å²) in [4.78, 5) is 15.8. The molecule has 0 spiro atoms. The van der Waals surface area contributed by atoms with E-state index in [2.05, 4.69) is 4.98 Å². The predicted octanol–water partition coefficient (Wildman–Crippen LogP) is 2.89. The van der Waals surface area contributed by atoms with E-state index in [1.54, 1.807) is 6.92 Å². The number of nitrogen functional groups attached to an aromatic ring is 1. The van der Waals surface area contributed by atoms with Gasteiger partial charge in [-0.3, -0.25) is 4.98 Å². The number of nitrogens with two attached hydrogens (primary N) is 2. The number of anilines is 1. The number of fused-ring (bicyclic) bond motifs is 1. The molecule has 5 N–H and O–H groups in total. The molecule has 1 saturated carbocycles. The number of hydrogen-bond acceptors (Lipinski definition) is 5. The Morgan fingerprint density at radius 3 is 2.58 bits per heavy atom. The first-order valence-corrected chi connectivity index (χ1v) is 7.81. The minimum absolute atomic E-state index is 0. The molecule has 0 amide bonds. The average Bonchev–Trinajstić information content (AvgIpc) is 2.49. The van der Waals surface area contributed by atoms with E-state index in [9.17, 15) is 9.90 Å². The molecule has 3 rings (SSSR count). The molecule has 0 atom stereocenters. The molecule has 0 aliphatic heterocycles. The number of rotatable bonds is 3. The number of aromatic nitrogens is 1. The summed E-state index contributed by atoms with van der Waals surface area (Å²) in [7, 11) is 0. The Morgan fingerprint density at radius 1 is 1.29 bits per heavy atom. The zero-order valence-electron chi connectivity index (χ0n) is 13.5. The van der Waals surface area contributed by atoms with Crippen molar-refractivity contribution in [2.45, 2.75) is 44.8 Å². The van der Waals surface area contributed by atoms with Crippen molar-refractivity contribution in [2.75, 3.05) is 5.73 Å². The number of hydrogen-bond donors (Lipinski definition) is 3. The van der Waals surface area contributed by atoms with E-state index in [1.165, 1.54) is 0 Å². The fourth-order valence-corrected chi connectivity index (χ4v) is 3.19. The minimum Gasteiger partial charge on any atom is -0.490 e. The van der Waals surface area contributed by atoms with Crippen molar-refractivity contribution in [2.24, 2.45) is 5.73 Å². The third-order valence-corrected chi connectivity index (χ3v) is 4.42. The number of nitrogens with zero attached hydrogens (tertiary/aromatic N) is 1. The van der Waals surface area contributed by atoms with Gasteiger partial charge in [0.25, 0.3) is 0 Å². The van der Waals surface area contributed by atoms with Gasteiger partial charge in [-0.05, 0) is 44.7 Å². The van der Waals surface area contributed by atoms with Crippen molar-refractivity contribution >= 4 is 35.0 Å². The largest absolute Gasteiger partial charge is 0.490 e. The third kappa shape index (κ3) is 3.39. The van der Waals surface area contributed by atoms with Crippen molar-refractivity contribution in [3.63, 3.8) is 0 Å². The molecule has 1 aromatic carbocycles. The summed E-state index contributed by atoms with van der Waals surface area (Å²) >= 11 is 0. The first-order chi connectivity index (χ1) is 11.0. The zero-order valence-corrected chi connectivity index (χ0v) is 14.3. The van der Waals surface area contributed by atoms with E-state index < -0.39 is 5.97 Å². The smallest absolute Gasteiger partial charge is 0.339 e. The van der Waals surface area contributed by atoms with Crippen LogP contribution in [0.3, 0.4) is 0 Å². The molecule has 1 aliphatic carbocycles. The summed E-state index contributed by atoms with van der Waals surface area (Å²) in [6, 6.07) is 5.72. The fraction of sp³-hybridized carbons (Fsp3) is 0.412. The topological polar surface area (TPSA) is 111 Å². The average molecular weight is 352 g/mol. The van der Waals surface area contributed by atoms with E-state index in [0.717, 1.165) is 25.7 Å². The highest BCUT2D eigenvalue weighted by atomic mass is 35.5. The molecule has 1 aliphatic rings. The highest BCUT2D eigenvalue weighted by molar-refractivity contribution is 6.06. The molecular formula is C17H22ClN3O3. The van der Waals surface area contributed by atoms with Gasteiger partial charge in [0.1, 0.15) is 11.3 Å². The molecule has 2 aromatic rings. The van der Waals surface area contributed by atoms with E-state index >= 15 is 0 Å². The molecule has 1 heterocycles. The van der Waals surface area contributed by atoms with Crippen LogP contribution in [0.2, 0.25) is 0 Å². The number of aromatic carboxylic acids is 1. The van der Waals surface area contributed by atoms with Gasteiger partial charge >= 0.3 is 5.97 Å². The monoisotopic (exact) mass is 351 g/mol. The van der Waals surface area contributed by atoms with Crippen molar-refractivity contribution in [3.05, 3.63) is 29.5 Å². The van der Waals surface area contributed by atoms with Crippen LogP contribution in [0.25, 0.3) is 10.9 Å². The van der Waals surface area contributed by atoms with Crippen LogP contribution in [0.4, 0.5) is 5.69 Å². The number of ether oxygens (including phenoxy) is 1. The maximum atomic E-state index is 11.4. The summed E-state index contributed by atoms with van der Waals surface area (Å²) in [5.41, 5.74) is 13.4. The summed E-state index contributed by atoms with van der Waals surface area (Å²) in [6.07, 6.45) is 3.73. The number of carboxylic acids is 1. The van der Waals surface area contributed by atoms with Crippen LogP contribution in [0.1, 0.15) is 41.7 Å². The van der Waals surface area contributed by atoms with Crippen LogP contribution in [-0.2, 0) is 0 Å². The molecule has 0 radical (unpaired) electrons. The highest BCUT2D eigenvalue weighted by Crippen LogP contribution is 2.35. The van der Waals surface area contributed by atoms with Gasteiger partial charge < -0.3 is 21.3 Å². The lowest BCUT2D eigenvalue weighted by molar-refractivity contribution is 0.0697. The number of carboxylic acid groups (broad SMARTS) is 1. The first-order valence-electron chi connectivity index (χ1n) is 7.81. The number of aryl methyl sites for hydroxylation is 1. The summed E-state index contributed by atoms with van der Waals surface area (Å²) in [6.45, 7) is 1.65. The second-order valence-corrected chi connectivity index (χ2v) is 6.10. The second-order valence-electron chi connectivity index (χ2n) is 6.10. The Hall–Kier alpha value is -2.05. The summed E-state index contributed by atoms with van der Waals surface area (Å²) < 4.78 is 6.10. The van der Waals surface area contributed by atoms with Gasteiger partial charge in [-0.2, -0.15) is 0 Å². The van der Waals surface area contributed by atoms with Crippen LogP contribution in [0.15, 0.2) is 18.2 Å². The van der Waals surface area contributed by atoms with E-state index in [0.29, 0.717) is 22.3 Å². The number of halogens is 1. The second kappa shape index (κ2) is 7.23. The highest BCUT2D eigenvalue weighted by Gasteiger charge is 2.23. The van der Waals surface area contributed by atoms with Gasteiger partial charge in [0, 0.05) is 6.04 Å². The Morgan fingerprint density at radius 2 is 1.96 bits per heavy atom. The fourth-order valence-electron chi connectivity index (χ4n) is 3.19. The van der Waals surface area contributed by atoms with E-state index in [-0.39, 0.29) is 35.8 Å². The lowest BCUT2D eigenvalue weighted by atomic mass is 9.93. The van der Waals surface area contributed by atoms with Crippen molar-refractivity contribution < 1.29 is 14.6 Å². The standard InChI is InChI=1S/C17H21N3O3.ClH/c1-9-14(17(21)22)16(19)15-12(20-9)3-2-4-13(15)23-11-7-5-10(18)6-8-11;/h2-4,10-11H,5-8,18H2,1H3,(H2,19,20)(H,21,22);1H. The molecule has 1 fully saturated rings. The maximum absolute atomic E-state index is 11.4. The van der Waals surface area contributed by atoms with Gasteiger partial charge in [0.15, 0.2) is 0 Å². The lowest BCUT2D eigenvalue weighted by Crippen LogP contribution is -2.31. The van der Waals surface area contributed by atoms with Crippen LogP contribution in [0, 0.1) is 6.92 Å². The summed E-state index contributed by atoms with van der Waals surface area (Å²) in [5.74, 6) is -0.483. The predicted molar refractivity (Wildman–Crippen MR) is 96.0 cm³/mol. The molecule has 6 nitrogen and oxygen atoms in total. The van der Waals surface area contributed by atoms with E-state index in [4.69, 9.17) is 16.2 Å². The Balaban J connectivity index is 0.00000208. The van der Waals surface area contributed by atoms with Gasteiger partial charge in [-0.25, -0.2) is 4.79 Å². The lowest BCUT2D eigenvalue weighted by Gasteiger charge is -2.27.